The Labute approximate surface area is 130 Å². The minimum Gasteiger partial charge on any atom is -0.394 e. The number of nitrogens with one attached hydrogen (secondary N) is 1. The van der Waals surface area contributed by atoms with E-state index in [1.807, 2.05) is 0 Å². The van der Waals surface area contributed by atoms with Gasteiger partial charge in [-0.15, -0.1) is 0 Å². The van der Waals surface area contributed by atoms with Crippen LogP contribution in [0.2, 0.25) is 10.0 Å². The van der Waals surface area contributed by atoms with Crippen molar-refractivity contribution in [3.63, 3.8) is 0 Å². The molecule has 0 aromatic heterocycles. The molecule has 0 aliphatic heterocycles. The van der Waals surface area contributed by atoms with Gasteiger partial charge >= 0.3 is 0 Å². The Morgan fingerprint density at radius 1 is 1.32 bits per heavy atom. The molecular formula is C11H12BrCl2NO3S. The lowest BCUT2D eigenvalue weighted by molar-refractivity contribution is 0.110. The van der Waals surface area contributed by atoms with Gasteiger partial charge in [0.25, 0.3) is 0 Å². The second-order valence-corrected chi connectivity index (χ2v) is 7.95. The third kappa shape index (κ3) is 3.09. The fourth-order valence-electron chi connectivity index (χ4n) is 2.02. The second-order valence-electron chi connectivity index (χ2n) is 4.60. The monoisotopic (exact) mass is 387 g/mol. The van der Waals surface area contributed by atoms with Gasteiger partial charge in [0.15, 0.2) is 0 Å². The van der Waals surface area contributed by atoms with E-state index in [-0.39, 0.29) is 21.5 Å². The molecule has 0 bridgehead atoms. The van der Waals surface area contributed by atoms with Gasteiger partial charge in [-0.2, -0.15) is 0 Å². The van der Waals surface area contributed by atoms with Crippen LogP contribution in [-0.4, -0.2) is 25.7 Å². The molecule has 0 unspecified atom stereocenters. The van der Waals surface area contributed by atoms with Crippen molar-refractivity contribution in [1.82, 2.24) is 4.72 Å². The highest BCUT2D eigenvalue weighted by Gasteiger charge is 2.41. The Kier molecular flexibility index (Phi) is 4.50. The van der Waals surface area contributed by atoms with Gasteiger partial charge in [0, 0.05) is 4.47 Å². The summed E-state index contributed by atoms with van der Waals surface area (Å²) in [5, 5.41) is 9.41. The van der Waals surface area contributed by atoms with E-state index in [1.54, 1.807) is 0 Å². The summed E-state index contributed by atoms with van der Waals surface area (Å²) < 4.78 is 27.8. The Morgan fingerprint density at radius 3 is 2.21 bits per heavy atom. The van der Waals surface area contributed by atoms with Gasteiger partial charge in [-0.3, -0.25) is 0 Å². The number of hydrogen-bond donors (Lipinski definition) is 2. The molecule has 4 nitrogen and oxygen atoms in total. The summed E-state index contributed by atoms with van der Waals surface area (Å²) in [6, 6.07) is 2.93. The molecule has 1 aromatic rings. The zero-order valence-corrected chi connectivity index (χ0v) is 13.7. The molecule has 1 aliphatic carbocycles. The smallest absolute Gasteiger partial charge is 0.244 e. The highest BCUT2D eigenvalue weighted by Crippen LogP contribution is 2.37. The molecule has 1 aliphatic rings. The molecule has 1 fully saturated rings. The van der Waals surface area contributed by atoms with Crippen molar-refractivity contribution in [1.29, 1.82) is 0 Å². The lowest BCUT2D eigenvalue weighted by Crippen LogP contribution is -2.56. The first-order chi connectivity index (χ1) is 8.80. The van der Waals surface area contributed by atoms with Crippen molar-refractivity contribution in [2.24, 2.45) is 0 Å². The van der Waals surface area contributed by atoms with Crippen LogP contribution in [0.25, 0.3) is 0 Å². The summed E-state index contributed by atoms with van der Waals surface area (Å²) in [5.41, 5.74) is -0.779. The molecule has 0 spiro atoms. The second kappa shape index (κ2) is 5.50. The maximum absolute atomic E-state index is 12.3. The van der Waals surface area contributed by atoms with Gasteiger partial charge < -0.3 is 5.11 Å². The van der Waals surface area contributed by atoms with Crippen LogP contribution in [-0.2, 0) is 10.0 Å². The summed E-state index contributed by atoms with van der Waals surface area (Å²) in [5.74, 6) is 0. The largest absolute Gasteiger partial charge is 0.394 e. The molecule has 0 amide bonds. The summed E-state index contributed by atoms with van der Waals surface area (Å²) >= 11 is 15.1. The van der Waals surface area contributed by atoms with E-state index in [1.165, 1.54) is 12.1 Å². The number of sulfonamides is 1. The standard InChI is InChI=1S/C11H12BrCl2NO3S/c12-7-4-8(13)10(9(14)5-7)19(17,18)15-11(6-16)2-1-3-11/h4-5,15-16H,1-3,6H2. The first-order valence-corrected chi connectivity index (χ1v) is 8.62. The van der Waals surface area contributed by atoms with Crippen molar-refractivity contribution in [2.45, 2.75) is 29.7 Å². The van der Waals surface area contributed by atoms with Crippen LogP contribution in [0.4, 0.5) is 0 Å². The van der Waals surface area contributed by atoms with Crippen molar-refractivity contribution in [2.75, 3.05) is 6.61 Å². The van der Waals surface area contributed by atoms with Gasteiger partial charge in [-0.1, -0.05) is 39.1 Å². The van der Waals surface area contributed by atoms with E-state index >= 15 is 0 Å². The summed E-state index contributed by atoms with van der Waals surface area (Å²) in [6.45, 7) is -0.238. The quantitative estimate of drug-likeness (QED) is 0.833. The predicted molar refractivity (Wildman–Crippen MR) is 78.2 cm³/mol. The number of halogens is 3. The van der Waals surface area contributed by atoms with Gasteiger partial charge in [0.2, 0.25) is 10.0 Å². The van der Waals surface area contributed by atoms with Crippen molar-refractivity contribution < 1.29 is 13.5 Å². The minimum absolute atomic E-state index is 0.0410. The van der Waals surface area contributed by atoms with Gasteiger partial charge in [0.1, 0.15) is 4.90 Å². The normalized spacial score (nSPS) is 18.1. The maximum Gasteiger partial charge on any atom is 0.244 e. The summed E-state index contributed by atoms with van der Waals surface area (Å²) in [6.07, 6.45) is 2.09. The first-order valence-electron chi connectivity index (χ1n) is 5.59. The summed E-state index contributed by atoms with van der Waals surface area (Å²) in [4.78, 5) is -0.154. The molecule has 8 heteroatoms. The fourth-order valence-corrected chi connectivity index (χ4v) is 5.41. The maximum atomic E-state index is 12.3. The Hall–Kier alpha value is 0.150. The Balaban J connectivity index is 2.40. The lowest BCUT2D eigenvalue weighted by Gasteiger charge is -2.40. The summed E-state index contributed by atoms with van der Waals surface area (Å²) in [7, 11) is -3.86. The Bertz CT molecular complexity index is 573. The molecular weight excluding hydrogens is 377 g/mol. The molecule has 19 heavy (non-hydrogen) atoms. The predicted octanol–water partition coefficient (Wildman–Crippen LogP) is 2.95. The molecule has 0 radical (unpaired) electrons. The average Bonchev–Trinajstić information content (AvgIpc) is 2.21. The van der Waals surface area contributed by atoms with Gasteiger partial charge in [-0.25, -0.2) is 13.1 Å². The number of aliphatic hydroxyl groups is 1. The van der Waals surface area contributed by atoms with E-state index in [4.69, 9.17) is 23.2 Å². The van der Waals surface area contributed by atoms with Crippen LogP contribution in [0.1, 0.15) is 19.3 Å². The SMILES string of the molecule is O=S(=O)(NC1(CO)CCC1)c1c(Cl)cc(Br)cc1Cl. The van der Waals surface area contributed by atoms with Crippen LogP contribution in [0.5, 0.6) is 0 Å². The molecule has 0 saturated heterocycles. The molecule has 1 saturated carbocycles. The number of aliphatic hydroxyl groups excluding tert-OH is 1. The van der Waals surface area contributed by atoms with Gasteiger partial charge in [0.05, 0.1) is 22.2 Å². The highest BCUT2D eigenvalue weighted by molar-refractivity contribution is 9.10. The number of benzene rings is 1. The van der Waals surface area contributed by atoms with Crippen molar-refractivity contribution >= 4 is 49.2 Å². The van der Waals surface area contributed by atoms with Gasteiger partial charge in [-0.05, 0) is 31.4 Å². The van der Waals surface area contributed by atoms with Crippen LogP contribution in [0.15, 0.2) is 21.5 Å². The minimum atomic E-state index is -3.86. The van der Waals surface area contributed by atoms with E-state index in [0.29, 0.717) is 17.3 Å². The highest BCUT2D eigenvalue weighted by atomic mass is 79.9. The zero-order valence-electron chi connectivity index (χ0n) is 9.79. The Morgan fingerprint density at radius 2 is 1.84 bits per heavy atom. The molecule has 1 aromatic carbocycles. The lowest BCUT2D eigenvalue weighted by atomic mass is 9.78. The molecule has 2 N–H and O–H groups in total. The number of rotatable bonds is 4. The van der Waals surface area contributed by atoms with E-state index in [0.717, 1.165) is 6.42 Å². The zero-order chi connectivity index (χ0) is 14.3. The van der Waals surface area contributed by atoms with Crippen LogP contribution < -0.4 is 4.72 Å². The van der Waals surface area contributed by atoms with E-state index in [9.17, 15) is 13.5 Å². The van der Waals surface area contributed by atoms with Crippen molar-refractivity contribution in [3.8, 4) is 0 Å². The van der Waals surface area contributed by atoms with Crippen LogP contribution in [0.3, 0.4) is 0 Å². The molecule has 2 rings (SSSR count). The first kappa shape index (κ1) is 15.5. The van der Waals surface area contributed by atoms with Crippen LogP contribution in [0, 0.1) is 0 Å². The fraction of sp³-hybridized carbons (Fsp3) is 0.455. The van der Waals surface area contributed by atoms with Crippen molar-refractivity contribution in [3.05, 3.63) is 26.7 Å². The molecule has 0 atom stereocenters. The van der Waals surface area contributed by atoms with E-state index in [2.05, 4.69) is 20.7 Å². The van der Waals surface area contributed by atoms with E-state index < -0.39 is 15.6 Å². The number of hydrogen-bond acceptors (Lipinski definition) is 3. The third-order valence-electron chi connectivity index (χ3n) is 3.20. The average molecular weight is 389 g/mol. The molecule has 106 valence electrons. The third-order valence-corrected chi connectivity index (χ3v) is 6.15. The van der Waals surface area contributed by atoms with Crippen LogP contribution >= 0.6 is 39.1 Å². The molecule has 0 heterocycles. The topological polar surface area (TPSA) is 66.4 Å².